The van der Waals surface area contributed by atoms with Crippen molar-refractivity contribution in [3.8, 4) is 0 Å². The first-order valence-electron chi connectivity index (χ1n) is 7.99. The Morgan fingerprint density at radius 3 is 2.52 bits per heavy atom. The van der Waals surface area contributed by atoms with Crippen LogP contribution in [0.5, 0.6) is 0 Å². The molecule has 0 aromatic heterocycles. The SMILES string of the molecule is Cl.NCCNC(=O)C1CCCN(C(=O)C2C3CCCC32)C1. The average Bonchev–Trinajstić information content (AvgIpc) is 2.96. The van der Waals surface area contributed by atoms with Crippen molar-refractivity contribution in [1.29, 1.82) is 0 Å². The number of carbonyl (C=O) groups is 2. The van der Waals surface area contributed by atoms with Crippen LogP contribution >= 0.6 is 12.4 Å². The lowest BCUT2D eigenvalue weighted by Gasteiger charge is -2.32. The van der Waals surface area contributed by atoms with Crippen molar-refractivity contribution in [3.05, 3.63) is 0 Å². The quantitative estimate of drug-likeness (QED) is 0.804. The first kappa shape index (κ1) is 16.6. The highest BCUT2D eigenvalue weighted by Crippen LogP contribution is 2.58. The lowest BCUT2D eigenvalue weighted by atomic mass is 9.96. The molecule has 120 valence electrons. The molecule has 0 aromatic carbocycles. The molecule has 3 atom stereocenters. The maximum Gasteiger partial charge on any atom is 0.226 e. The molecular formula is C15H26ClN3O2. The minimum Gasteiger partial charge on any atom is -0.355 e. The summed E-state index contributed by atoms with van der Waals surface area (Å²) < 4.78 is 0. The molecule has 3 unspecified atom stereocenters. The number of likely N-dealkylation sites (tertiary alicyclic amines) is 1. The lowest BCUT2D eigenvalue weighted by molar-refractivity contribution is -0.137. The van der Waals surface area contributed by atoms with Gasteiger partial charge in [-0.05, 0) is 37.5 Å². The topological polar surface area (TPSA) is 75.4 Å². The third-order valence-electron chi connectivity index (χ3n) is 5.24. The Morgan fingerprint density at radius 1 is 1.14 bits per heavy atom. The van der Waals surface area contributed by atoms with Crippen LogP contribution in [-0.4, -0.2) is 42.9 Å². The van der Waals surface area contributed by atoms with Crippen molar-refractivity contribution in [3.63, 3.8) is 0 Å². The van der Waals surface area contributed by atoms with Gasteiger partial charge in [0.1, 0.15) is 0 Å². The van der Waals surface area contributed by atoms with Crippen molar-refractivity contribution in [2.45, 2.75) is 32.1 Å². The first-order valence-corrected chi connectivity index (χ1v) is 7.99. The molecule has 2 saturated carbocycles. The molecule has 2 aliphatic carbocycles. The van der Waals surface area contributed by atoms with Crippen LogP contribution in [0.3, 0.4) is 0 Å². The Balaban J connectivity index is 0.00000161. The van der Waals surface area contributed by atoms with E-state index in [1.807, 2.05) is 4.90 Å². The van der Waals surface area contributed by atoms with Crippen molar-refractivity contribution in [2.24, 2.45) is 29.4 Å². The molecule has 3 aliphatic rings. The molecule has 1 saturated heterocycles. The van der Waals surface area contributed by atoms with E-state index in [9.17, 15) is 9.59 Å². The van der Waals surface area contributed by atoms with Crippen molar-refractivity contribution < 1.29 is 9.59 Å². The standard InChI is InChI=1S/C15H25N3O2.ClH/c16-6-7-17-14(19)10-3-2-8-18(9-10)15(20)13-11-4-1-5-12(11)13;/h10-13H,1-9,16H2,(H,17,19);1H. The summed E-state index contributed by atoms with van der Waals surface area (Å²) in [5.41, 5.74) is 5.40. The number of piperidine rings is 1. The number of rotatable bonds is 4. The summed E-state index contributed by atoms with van der Waals surface area (Å²) in [6.07, 6.45) is 5.58. The molecule has 21 heavy (non-hydrogen) atoms. The maximum absolute atomic E-state index is 12.5. The Hall–Kier alpha value is -0.810. The normalized spacial score (nSPS) is 33.9. The van der Waals surface area contributed by atoms with E-state index in [1.165, 1.54) is 19.3 Å². The Labute approximate surface area is 132 Å². The van der Waals surface area contributed by atoms with Crippen molar-refractivity contribution in [2.75, 3.05) is 26.2 Å². The maximum atomic E-state index is 12.5. The van der Waals surface area contributed by atoms with Gasteiger partial charge in [-0.15, -0.1) is 12.4 Å². The molecule has 0 radical (unpaired) electrons. The van der Waals surface area contributed by atoms with Gasteiger partial charge < -0.3 is 16.0 Å². The van der Waals surface area contributed by atoms with Crippen LogP contribution < -0.4 is 11.1 Å². The van der Waals surface area contributed by atoms with E-state index >= 15 is 0 Å². The van der Waals surface area contributed by atoms with Gasteiger partial charge in [-0.25, -0.2) is 0 Å². The molecule has 0 bridgehead atoms. The highest BCUT2D eigenvalue weighted by Gasteiger charge is 2.57. The van der Waals surface area contributed by atoms with E-state index in [0.717, 1.165) is 19.4 Å². The highest BCUT2D eigenvalue weighted by atomic mass is 35.5. The number of hydrogen-bond donors (Lipinski definition) is 2. The van der Waals surface area contributed by atoms with E-state index in [4.69, 9.17) is 5.73 Å². The zero-order valence-corrected chi connectivity index (χ0v) is 13.2. The van der Waals surface area contributed by atoms with Gasteiger partial charge in [0, 0.05) is 32.1 Å². The zero-order chi connectivity index (χ0) is 14.1. The van der Waals surface area contributed by atoms with Crippen LogP contribution in [0.25, 0.3) is 0 Å². The zero-order valence-electron chi connectivity index (χ0n) is 12.4. The van der Waals surface area contributed by atoms with Crippen LogP contribution in [0.2, 0.25) is 0 Å². The predicted octanol–water partition coefficient (Wildman–Crippen LogP) is 0.768. The highest BCUT2D eigenvalue weighted by molar-refractivity contribution is 5.85. The largest absolute Gasteiger partial charge is 0.355 e. The van der Waals surface area contributed by atoms with Crippen LogP contribution in [0.15, 0.2) is 0 Å². The fourth-order valence-corrected chi connectivity index (χ4v) is 4.13. The van der Waals surface area contributed by atoms with Crippen LogP contribution in [0, 0.1) is 23.7 Å². The van der Waals surface area contributed by atoms with Crippen LogP contribution in [-0.2, 0) is 9.59 Å². The summed E-state index contributed by atoms with van der Waals surface area (Å²) in [7, 11) is 0. The van der Waals surface area contributed by atoms with Gasteiger partial charge in [-0.1, -0.05) is 6.42 Å². The number of amides is 2. The smallest absolute Gasteiger partial charge is 0.226 e. The minimum atomic E-state index is -0.0437. The number of carbonyl (C=O) groups excluding carboxylic acids is 2. The second-order valence-corrected chi connectivity index (χ2v) is 6.49. The van der Waals surface area contributed by atoms with Gasteiger partial charge in [-0.2, -0.15) is 0 Å². The van der Waals surface area contributed by atoms with Gasteiger partial charge in [0.05, 0.1) is 5.92 Å². The van der Waals surface area contributed by atoms with Crippen molar-refractivity contribution >= 4 is 24.2 Å². The Bertz CT molecular complexity index is 394. The van der Waals surface area contributed by atoms with Gasteiger partial charge in [0.2, 0.25) is 11.8 Å². The summed E-state index contributed by atoms with van der Waals surface area (Å²) in [5, 5.41) is 2.84. The molecule has 3 N–H and O–H groups in total. The molecule has 3 rings (SSSR count). The van der Waals surface area contributed by atoms with E-state index in [2.05, 4.69) is 5.32 Å². The van der Waals surface area contributed by atoms with Gasteiger partial charge in [-0.3, -0.25) is 9.59 Å². The fourth-order valence-electron chi connectivity index (χ4n) is 4.13. The van der Waals surface area contributed by atoms with E-state index in [-0.39, 0.29) is 30.2 Å². The Kier molecular flexibility index (Phi) is 5.49. The van der Waals surface area contributed by atoms with E-state index in [0.29, 0.717) is 37.4 Å². The second-order valence-electron chi connectivity index (χ2n) is 6.49. The third kappa shape index (κ3) is 3.34. The molecule has 1 heterocycles. The minimum absolute atomic E-state index is 0. The summed E-state index contributed by atoms with van der Waals surface area (Å²) in [6, 6.07) is 0. The van der Waals surface area contributed by atoms with Crippen LogP contribution in [0.4, 0.5) is 0 Å². The molecular weight excluding hydrogens is 290 g/mol. The third-order valence-corrected chi connectivity index (χ3v) is 5.24. The predicted molar refractivity (Wildman–Crippen MR) is 82.9 cm³/mol. The number of hydrogen-bond acceptors (Lipinski definition) is 3. The summed E-state index contributed by atoms with van der Waals surface area (Å²) in [5.74, 6) is 1.94. The van der Waals surface area contributed by atoms with Gasteiger partial charge in [0.25, 0.3) is 0 Å². The number of nitrogens with two attached hydrogens (primary N) is 1. The van der Waals surface area contributed by atoms with Gasteiger partial charge >= 0.3 is 0 Å². The van der Waals surface area contributed by atoms with E-state index in [1.54, 1.807) is 0 Å². The number of fused-ring (bicyclic) bond motifs is 1. The molecule has 0 spiro atoms. The Morgan fingerprint density at radius 2 is 1.86 bits per heavy atom. The summed E-state index contributed by atoms with van der Waals surface area (Å²) in [6.45, 7) is 2.42. The fraction of sp³-hybridized carbons (Fsp3) is 0.867. The second kappa shape index (κ2) is 6.97. The molecule has 5 nitrogen and oxygen atoms in total. The molecule has 6 heteroatoms. The average molecular weight is 316 g/mol. The number of nitrogens with zero attached hydrogens (tertiary/aromatic N) is 1. The van der Waals surface area contributed by atoms with Crippen LogP contribution in [0.1, 0.15) is 32.1 Å². The number of nitrogens with one attached hydrogen (secondary N) is 1. The van der Waals surface area contributed by atoms with Crippen molar-refractivity contribution in [1.82, 2.24) is 10.2 Å². The number of halogens is 1. The monoisotopic (exact) mass is 315 g/mol. The molecule has 0 aromatic rings. The summed E-state index contributed by atoms with van der Waals surface area (Å²) in [4.78, 5) is 26.5. The first-order chi connectivity index (χ1) is 9.72. The lowest BCUT2D eigenvalue weighted by Crippen LogP contribution is -2.46. The van der Waals surface area contributed by atoms with Gasteiger partial charge in [0.15, 0.2) is 0 Å². The molecule has 3 fully saturated rings. The summed E-state index contributed by atoms with van der Waals surface area (Å²) >= 11 is 0. The van der Waals surface area contributed by atoms with E-state index < -0.39 is 0 Å². The molecule has 1 aliphatic heterocycles. The molecule has 2 amide bonds.